The van der Waals surface area contributed by atoms with E-state index in [0.29, 0.717) is 12.8 Å². The van der Waals surface area contributed by atoms with Gasteiger partial charge in [0.05, 0.1) is 13.0 Å². The van der Waals surface area contributed by atoms with E-state index in [9.17, 15) is 19.5 Å². The molecule has 0 aromatic heterocycles. The second-order valence-corrected chi connectivity index (χ2v) is 4.67. The van der Waals surface area contributed by atoms with Gasteiger partial charge in [0.25, 0.3) is 0 Å². The zero-order valence-electron chi connectivity index (χ0n) is 10.7. The summed E-state index contributed by atoms with van der Waals surface area (Å²) < 4.78 is 4.52. The molecular weight excluding hydrogens is 236 g/mol. The van der Waals surface area contributed by atoms with Gasteiger partial charge in [-0.3, -0.25) is 14.4 Å². The van der Waals surface area contributed by atoms with Gasteiger partial charge in [0.2, 0.25) is 0 Å². The molecule has 0 aromatic carbocycles. The molecule has 2 atom stereocenters. The molecule has 0 saturated heterocycles. The molecule has 1 aliphatic rings. The zero-order chi connectivity index (χ0) is 13.5. The Bertz CT molecular complexity index is 323. The van der Waals surface area contributed by atoms with Gasteiger partial charge in [-0.1, -0.05) is 19.3 Å². The highest BCUT2D eigenvalue weighted by molar-refractivity contribution is 6.11. The maximum atomic E-state index is 11.4. The highest BCUT2D eigenvalue weighted by Gasteiger charge is 2.39. The zero-order valence-corrected chi connectivity index (χ0v) is 10.7. The van der Waals surface area contributed by atoms with Gasteiger partial charge in [0.1, 0.15) is 11.9 Å². The summed E-state index contributed by atoms with van der Waals surface area (Å²) in [6, 6.07) is 0. The van der Waals surface area contributed by atoms with Crippen molar-refractivity contribution in [2.45, 2.75) is 51.0 Å². The number of hydrogen-bond acceptors (Lipinski definition) is 5. The lowest BCUT2D eigenvalue weighted by atomic mass is 9.97. The van der Waals surface area contributed by atoms with Crippen LogP contribution in [0.15, 0.2) is 0 Å². The normalized spacial score (nSPS) is 23.4. The molecule has 1 N–H and O–H groups in total. The molecule has 5 heteroatoms. The number of unbranched alkanes of at least 4 members (excludes halogenated alkanes) is 3. The van der Waals surface area contributed by atoms with E-state index in [1.807, 2.05) is 0 Å². The average molecular weight is 256 g/mol. The first-order valence-electron chi connectivity index (χ1n) is 6.37. The number of hydrogen-bond donors (Lipinski definition) is 1. The van der Waals surface area contributed by atoms with Crippen LogP contribution in [0.2, 0.25) is 0 Å². The van der Waals surface area contributed by atoms with Crippen LogP contribution < -0.4 is 0 Å². The number of ketones is 2. The van der Waals surface area contributed by atoms with Gasteiger partial charge in [0.15, 0.2) is 5.78 Å². The van der Waals surface area contributed by atoms with Crippen molar-refractivity contribution in [2.75, 3.05) is 7.11 Å². The molecule has 1 fully saturated rings. The van der Waals surface area contributed by atoms with E-state index in [2.05, 4.69) is 4.74 Å². The Morgan fingerprint density at radius 2 is 1.94 bits per heavy atom. The van der Waals surface area contributed by atoms with Crippen LogP contribution in [0.1, 0.15) is 44.9 Å². The molecule has 102 valence electrons. The van der Waals surface area contributed by atoms with Crippen molar-refractivity contribution < 1.29 is 24.2 Å². The molecule has 0 bridgehead atoms. The summed E-state index contributed by atoms with van der Waals surface area (Å²) >= 11 is 0. The van der Waals surface area contributed by atoms with Crippen LogP contribution in [0.25, 0.3) is 0 Å². The molecule has 18 heavy (non-hydrogen) atoms. The number of carbonyl (C=O) groups is 3. The largest absolute Gasteiger partial charge is 0.469 e. The molecule has 0 radical (unpaired) electrons. The lowest BCUT2D eigenvalue weighted by Gasteiger charge is -2.06. The number of aliphatic hydroxyl groups excluding tert-OH is 1. The Morgan fingerprint density at radius 3 is 2.50 bits per heavy atom. The van der Waals surface area contributed by atoms with Crippen LogP contribution in [0.3, 0.4) is 0 Å². The summed E-state index contributed by atoms with van der Waals surface area (Å²) in [6.07, 6.45) is 3.13. The smallest absolute Gasteiger partial charge is 0.305 e. The van der Waals surface area contributed by atoms with Crippen LogP contribution in [-0.4, -0.2) is 35.9 Å². The predicted molar refractivity (Wildman–Crippen MR) is 63.8 cm³/mol. The molecule has 5 nitrogen and oxygen atoms in total. The standard InChI is InChI=1S/C13H20O5/c1-18-12(16)7-5-3-2-4-6-9-10(14)8-11(15)13(9)17/h9,11,15H,2-8H2,1H3/t9-,11?/m1/s1. The first-order valence-corrected chi connectivity index (χ1v) is 6.37. The third-order valence-corrected chi connectivity index (χ3v) is 3.31. The minimum atomic E-state index is -1.08. The maximum absolute atomic E-state index is 11.4. The summed E-state index contributed by atoms with van der Waals surface area (Å²) in [7, 11) is 1.37. The number of Topliss-reactive ketones (excluding diaryl/α,β-unsaturated/α-hetero) is 2. The summed E-state index contributed by atoms with van der Waals surface area (Å²) in [5.74, 6) is -1.27. The number of ether oxygens (including phenoxy) is 1. The van der Waals surface area contributed by atoms with E-state index in [-0.39, 0.29) is 24.0 Å². The molecule has 0 amide bonds. The van der Waals surface area contributed by atoms with Crippen molar-refractivity contribution in [1.29, 1.82) is 0 Å². The fourth-order valence-corrected chi connectivity index (χ4v) is 2.20. The second kappa shape index (κ2) is 7.26. The Balaban J connectivity index is 2.10. The van der Waals surface area contributed by atoms with E-state index in [0.717, 1.165) is 25.7 Å². The lowest BCUT2D eigenvalue weighted by molar-refractivity contribution is -0.140. The molecule has 1 unspecified atom stereocenters. The van der Waals surface area contributed by atoms with E-state index in [4.69, 9.17) is 0 Å². The average Bonchev–Trinajstić information content (AvgIpc) is 2.59. The second-order valence-electron chi connectivity index (χ2n) is 4.67. The van der Waals surface area contributed by atoms with Gasteiger partial charge in [0, 0.05) is 12.8 Å². The number of rotatable bonds is 7. The van der Waals surface area contributed by atoms with E-state index < -0.39 is 12.0 Å². The van der Waals surface area contributed by atoms with Crippen molar-refractivity contribution in [1.82, 2.24) is 0 Å². The van der Waals surface area contributed by atoms with Crippen LogP contribution in [0, 0.1) is 5.92 Å². The van der Waals surface area contributed by atoms with Gasteiger partial charge in [-0.15, -0.1) is 0 Å². The van der Waals surface area contributed by atoms with Crippen molar-refractivity contribution in [3.8, 4) is 0 Å². The Kier molecular flexibility index (Phi) is 5.98. The number of methoxy groups -OCH3 is 1. The van der Waals surface area contributed by atoms with E-state index in [1.165, 1.54) is 7.11 Å². The lowest BCUT2D eigenvalue weighted by Crippen LogP contribution is -2.19. The SMILES string of the molecule is COC(=O)CCCCCC[C@@H]1C(=O)CC(O)C1=O. The van der Waals surface area contributed by atoms with Gasteiger partial charge in [-0.05, 0) is 12.8 Å². The third kappa shape index (κ3) is 4.22. The molecule has 0 aromatic rings. The van der Waals surface area contributed by atoms with Crippen LogP contribution >= 0.6 is 0 Å². The predicted octanol–water partition coefficient (Wildman–Crippen LogP) is 1.02. The minimum Gasteiger partial charge on any atom is -0.469 e. The van der Waals surface area contributed by atoms with Crippen LogP contribution in [0.5, 0.6) is 0 Å². The fraction of sp³-hybridized carbons (Fsp3) is 0.769. The summed E-state index contributed by atoms with van der Waals surface area (Å²) in [5.41, 5.74) is 0. The number of esters is 1. The Labute approximate surface area is 107 Å². The molecular formula is C13H20O5. The molecule has 1 saturated carbocycles. The van der Waals surface area contributed by atoms with Crippen molar-refractivity contribution in [3.63, 3.8) is 0 Å². The number of aliphatic hydroxyl groups is 1. The number of carbonyl (C=O) groups excluding carboxylic acids is 3. The van der Waals surface area contributed by atoms with Gasteiger partial charge >= 0.3 is 5.97 Å². The summed E-state index contributed by atoms with van der Waals surface area (Å²) in [4.78, 5) is 33.7. The Morgan fingerprint density at radius 1 is 1.28 bits per heavy atom. The summed E-state index contributed by atoms with van der Waals surface area (Å²) in [5, 5.41) is 9.25. The van der Waals surface area contributed by atoms with Crippen molar-refractivity contribution in [3.05, 3.63) is 0 Å². The highest BCUT2D eigenvalue weighted by Crippen LogP contribution is 2.24. The van der Waals surface area contributed by atoms with E-state index in [1.54, 1.807) is 0 Å². The van der Waals surface area contributed by atoms with Crippen LogP contribution in [-0.2, 0) is 19.1 Å². The van der Waals surface area contributed by atoms with Crippen molar-refractivity contribution in [2.24, 2.45) is 5.92 Å². The van der Waals surface area contributed by atoms with E-state index >= 15 is 0 Å². The first kappa shape index (κ1) is 14.8. The quantitative estimate of drug-likeness (QED) is 0.418. The Hall–Kier alpha value is -1.23. The molecule has 0 heterocycles. The van der Waals surface area contributed by atoms with Crippen LogP contribution in [0.4, 0.5) is 0 Å². The van der Waals surface area contributed by atoms with Crippen molar-refractivity contribution >= 4 is 17.5 Å². The summed E-state index contributed by atoms with van der Waals surface area (Å²) in [6.45, 7) is 0. The maximum Gasteiger partial charge on any atom is 0.305 e. The fourth-order valence-electron chi connectivity index (χ4n) is 2.20. The van der Waals surface area contributed by atoms with Gasteiger partial charge in [-0.25, -0.2) is 0 Å². The highest BCUT2D eigenvalue weighted by atomic mass is 16.5. The molecule has 0 aliphatic heterocycles. The molecule has 1 rings (SSSR count). The topological polar surface area (TPSA) is 80.7 Å². The molecule has 1 aliphatic carbocycles. The minimum absolute atomic E-state index is 0.0220. The molecule has 0 spiro atoms. The first-order chi connectivity index (χ1) is 8.56. The monoisotopic (exact) mass is 256 g/mol. The van der Waals surface area contributed by atoms with Gasteiger partial charge < -0.3 is 9.84 Å². The third-order valence-electron chi connectivity index (χ3n) is 3.31. The van der Waals surface area contributed by atoms with Gasteiger partial charge in [-0.2, -0.15) is 0 Å².